The lowest BCUT2D eigenvalue weighted by atomic mass is 10.2. The predicted molar refractivity (Wildman–Crippen MR) is 106 cm³/mol. The molecule has 1 saturated heterocycles. The van der Waals surface area contributed by atoms with E-state index in [0.29, 0.717) is 24.9 Å². The Morgan fingerprint density at radius 1 is 1.24 bits per heavy atom. The van der Waals surface area contributed by atoms with Crippen LogP contribution in [0.2, 0.25) is 0 Å². The van der Waals surface area contributed by atoms with E-state index in [1.807, 2.05) is 13.0 Å². The van der Waals surface area contributed by atoms with Crippen LogP contribution in [0.3, 0.4) is 0 Å². The fourth-order valence-corrected chi connectivity index (χ4v) is 5.08. The third kappa shape index (κ3) is 4.63. The molecule has 1 amide bonds. The van der Waals surface area contributed by atoms with Gasteiger partial charge in [-0.2, -0.15) is 9.57 Å². The Hall–Kier alpha value is -2.76. The zero-order chi connectivity index (χ0) is 21.0. The minimum Gasteiger partial charge on any atom is -0.339 e. The van der Waals surface area contributed by atoms with Crippen molar-refractivity contribution in [3.05, 3.63) is 65.5 Å². The van der Waals surface area contributed by atoms with E-state index in [-0.39, 0.29) is 35.5 Å². The molecule has 0 spiro atoms. The summed E-state index contributed by atoms with van der Waals surface area (Å²) >= 11 is 0. The summed E-state index contributed by atoms with van der Waals surface area (Å²) in [5.41, 5.74) is 0.887. The van der Waals surface area contributed by atoms with Crippen LogP contribution in [-0.2, 0) is 21.4 Å². The molecule has 0 N–H and O–H groups in total. The van der Waals surface area contributed by atoms with Gasteiger partial charge in [-0.1, -0.05) is 18.2 Å². The first-order chi connectivity index (χ1) is 13.8. The van der Waals surface area contributed by atoms with Crippen LogP contribution in [0, 0.1) is 17.1 Å². The number of likely N-dealkylation sites (N-methyl/N-ethyl adjacent to an activating group) is 1. The van der Waals surface area contributed by atoms with Gasteiger partial charge in [0.05, 0.1) is 16.5 Å². The van der Waals surface area contributed by atoms with Gasteiger partial charge in [-0.05, 0) is 49.2 Å². The van der Waals surface area contributed by atoms with E-state index >= 15 is 0 Å². The van der Waals surface area contributed by atoms with Crippen LogP contribution in [0.25, 0.3) is 0 Å². The molecule has 0 unspecified atom stereocenters. The van der Waals surface area contributed by atoms with Crippen molar-refractivity contribution in [2.24, 2.45) is 0 Å². The maximum absolute atomic E-state index is 13.4. The van der Waals surface area contributed by atoms with Crippen molar-refractivity contribution in [1.82, 2.24) is 9.21 Å². The Morgan fingerprint density at radius 3 is 2.62 bits per heavy atom. The van der Waals surface area contributed by atoms with E-state index in [1.54, 1.807) is 17.0 Å². The van der Waals surface area contributed by atoms with Gasteiger partial charge in [0, 0.05) is 32.1 Å². The molecule has 0 aliphatic carbocycles. The number of hydrogen-bond acceptors (Lipinski definition) is 4. The number of halogens is 1. The second-order valence-corrected chi connectivity index (χ2v) is 8.87. The Bertz CT molecular complexity index is 1030. The summed E-state index contributed by atoms with van der Waals surface area (Å²) in [6, 6.07) is 13.2. The summed E-state index contributed by atoms with van der Waals surface area (Å²) in [7, 11) is -3.93. The summed E-state index contributed by atoms with van der Waals surface area (Å²) in [6.07, 6.45) is 0.979. The average Bonchev–Trinajstić information content (AvgIpc) is 3.08. The van der Waals surface area contributed by atoms with Crippen LogP contribution in [0.4, 0.5) is 4.39 Å². The molecular formula is C21H22FN3O3S. The molecule has 1 heterocycles. The summed E-state index contributed by atoms with van der Waals surface area (Å²) < 4.78 is 41.3. The average molecular weight is 415 g/mol. The monoisotopic (exact) mass is 415 g/mol. The molecule has 29 heavy (non-hydrogen) atoms. The van der Waals surface area contributed by atoms with Gasteiger partial charge in [-0.15, -0.1) is 0 Å². The molecule has 1 aliphatic rings. The van der Waals surface area contributed by atoms with Crippen molar-refractivity contribution in [3.63, 3.8) is 0 Å². The van der Waals surface area contributed by atoms with E-state index in [0.717, 1.165) is 0 Å². The lowest BCUT2D eigenvalue weighted by Crippen LogP contribution is -2.43. The topological polar surface area (TPSA) is 81.5 Å². The fraction of sp³-hybridized carbons (Fsp3) is 0.333. The highest BCUT2D eigenvalue weighted by Gasteiger charge is 2.35. The number of nitriles is 1. The smallest absolute Gasteiger partial charge is 0.243 e. The van der Waals surface area contributed by atoms with Crippen LogP contribution >= 0.6 is 0 Å². The minimum atomic E-state index is -3.93. The van der Waals surface area contributed by atoms with Crippen molar-refractivity contribution in [2.45, 2.75) is 37.2 Å². The van der Waals surface area contributed by atoms with Crippen LogP contribution in [0.1, 0.15) is 30.9 Å². The van der Waals surface area contributed by atoms with Gasteiger partial charge in [0.2, 0.25) is 15.9 Å². The lowest BCUT2D eigenvalue weighted by molar-refractivity contribution is -0.128. The van der Waals surface area contributed by atoms with Crippen molar-refractivity contribution >= 4 is 15.9 Å². The van der Waals surface area contributed by atoms with Gasteiger partial charge >= 0.3 is 0 Å². The molecule has 1 atom stereocenters. The van der Waals surface area contributed by atoms with E-state index in [1.165, 1.54) is 40.7 Å². The summed E-state index contributed by atoms with van der Waals surface area (Å²) in [6.45, 7) is 2.56. The molecule has 0 saturated carbocycles. The van der Waals surface area contributed by atoms with E-state index in [9.17, 15) is 17.6 Å². The van der Waals surface area contributed by atoms with Crippen molar-refractivity contribution in [2.75, 3.05) is 13.1 Å². The number of amides is 1. The largest absolute Gasteiger partial charge is 0.339 e. The normalized spacial score (nSPS) is 17.0. The number of likely N-dealkylation sites (tertiary alicyclic amines) is 1. The molecule has 3 rings (SSSR count). The second-order valence-electron chi connectivity index (χ2n) is 6.94. The number of hydrogen-bond donors (Lipinski definition) is 0. The Kier molecular flexibility index (Phi) is 6.30. The number of sulfonamides is 1. The van der Waals surface area contributed by atoms with Gasteiger partial charge < -0.3 is 4.90 Å². The molecule has 0 aromatic heterocycles. The molecular weight excluding hydrogens is 393 g/mol. The maximum atomic E-state index is 13.4. The van der Waals surface area contributed by atoms with Gasteiger partial charge in [0.1, 0.15) is 5.82 Å². The number of nitrogens with zero attached hydrogens (tertiary/aromatic N) is 3. The minimum absolute atomic E-state index is 0.0168. The van der Waals surface area contributed by atoms with Crippen molar-refractivity contribution in [3.8, 4) is 6.07 Å². The number of benzene rings is 2. The molecule has 1 aliphatic heterocycles. The third-order valence-corrected chi connectivity index (χ3v) is 6.89. The van der Waals surface area contributed by atoms with Crippen molar-refractivity contribution < 1.29 is 17.6 Å². The molecule has 152 valence electrons. The van der Waals surface area contributed by atoms with E-state index in [4.69, 9.17) is 5.26 Å². The zero-order valence-corrected chi connectivity index (χ0v) is 16.9. The van der Waals surface area contributed by atoms with Crippen LogP contribution in [0.15, 0.2) is 53.4 Å². The molecule has 0 bridgehead atoms. The molecule has 1 fully saturated rings. The molecule has 0 radical (unpaired) electrons. The first-order valence-corrected chi connectivity index (χ1v) is 10.8. The first kappa shape index (κ1) is 21.0. The highest BCUT2D eigenvalue weighted by molar-refractivity contribution is 7.89. The van der Waals surface area contributed by atoms with Crippen LogP contribution in [-0.4, -0.2) is 42.7 Å². The molecule has 2 aromatic carbocycles. The molecule has 6 nitrogen and oxygen atoms in total. The van der Waals surface area contributed by atoms with Crippen LogP contribution < -0.4 is 0 Å². The SMILES string of the molecule is CCN1C(=O)CC[C@H]1CN(Cc1ccc(F)cc1)S(=O)(=O)c1cccc(C#N)c1. The summed E-state index contributed by atoms with van der Waals surface area (Å²) in [5.74, 6) is -0.383. The molecule has 2 aromatic rings. The van der Waals surface area contributed by atoms with Gasteiger partial charge in [0.25, 0.3) is 0 Å². The highest BCUT2D eigenvalue weighted by Crippen LogP contribution is 2.25. The Balaban J connectivity index is 1.95. The second kappa shape index (κ2) is 8.72. The van der Waals surface area contributed by atoms with Crippen molar-refractivity contribution in [1.29, 1.82) is 5.26 Å². The summed E-state index contributed by atoms with van der Waals surface area (Å²) in [4.78, 5) is 13.8. The highest BCUT2D eigenvalue weighted by atomic mass is 32.2. The quantitative estimate of drug-likeness (QED) is 0.696. The van der Waals surface area contributed by atoms with Crippen LogP contribution in [0.5, 0.6) is 0 Å². The molecule has 8 heteroatoms. The fourth-order valence-electron chi connectivity index (χ4n) is 3.57. The number of rotatable bonds is 7. The van der Waals surface area contributed by atoms with Gasteiger partial charge in [-0.3, -0.25) is 4.79 Å². The van der Waals surface area contributed by atoms with Gasteiger partial charge in [-0.25, -0.2) is 12.8 Å². The predicted octanol–water partition coefficient (Wildman–Crippen LogP) is 2.90. The Labute approximate surface area is 170 Å². The third-order valence-electron chi connectivity index (χ3n) is 5.08. The van der Waals surface area contributed by atoms with E-state index < -0.39 is 15.8 Å². The maximum Gasteiger partial charge on any atom is 0.243 e. The lowest BCUT2D eigenvalue weighted by Gasteiger charge is -2.30. The van der Waals surface area contributed by atoms with Gasteiger partial charge in [0.15, 0.2) is 0 Å². The number of carbonyl (C=O) groups excluding carboxylic acids is 1. The number of carbonyl (C=O) groups is 1. The first-order valence-electron chi connectivity index (χ1n) is 9.39. The zero-order valence-electron chi connectivity index (χ0n) is 16.1. The Morgan fingerprint density at radius 2 is 1.97 bits per heavy atom. The summed E-state index contributed by atoms with van der Waals surface area (Å²) in [5, 5.41) is 9.12. The standard InChI is InChI=1S/C21H22FN3O3S/c1-2-25-19(10-11-21(25)26)15-24(14-16-6-8-18(22)9-7-16)29(27,28)20-5-3-4-17(12-20)13-23/h3-9,12,19H,2,10-11,14-15H2,1H3/t19-/m0/s1. The van der Waals surface area contributed by atoms with E-state index in [2.05, 4.69) is 0 Å².